The number of amides is 2. The SMILES string of the molecule is O=C(O)c1ccccc1NC(=O)N1CCC(Oc2ccc(OCc3ccccc3)cc2)CC1. The molecule has 0 saturated carbocycles. The van der Waals surface area contributed by atoms with Crippen LogP contribution in [0.3, 0.4) is 0 Å². The molecule has 1 aliphatic heterocycles. The number of aromatic carboxylic acids is 1. The number of anilines is 1. The van der Waals surface area contributed by atoms with E-state index in [1.54, 1.807) is 23.1 Å². The number of benzene rings is 3. The standard InChI is InChI=1S/C26H26N2O5/c29-25(30)23-8-4-5-9-24(23)27-26(31)28-16-14-22(15-17-28)33-21-12-10-20(11-13-21)32-18-19-6-2-1-3-7-19/h1-13,22H,14-18H2,(H,27,31)(H,29,30). The van der Waals surface area contributed by atoms with Crippen molar-refractivity contribution in [2.24, 2.45) is 0 Å². The molecule has 2 amide bonds. The molecular formula is C26H26N2O5. The Bertz CT molecular complexity index is 1080. The molecule has 2 N–H and O–H groups in total. The van der Waals surface area contributed by atoms with Crippen molar-refractivity contribution in [2.45, 2.75) is 25.6 Å². The zero-order valence-corrected chi connectivity index (χ0v) is 18.1. The highest BCUT2D eigenvalue weighted by Gasteiger charge is 2.25. The van der Waals surface area contributed by atoms with Crippen LogP contribution >= 0.6 is 0 Å². The number of ether oxygens (including phenoxy) is 2. The molecule has 1 fully saturated rings. The summed E-state index contributed by atoms with van der Waals surface area (Å²) >= 11 is 0. The van der Waals surface area contributed by atoms with Crippen LogP contribution in [0.4, 0.5) is 10.5 Å². The van der Waals surface area contributed by atoms with Gasteiger partial charge in [-0.25, -0.2) is 9.59 Å². The number of hydrogen-bond acceptors (Lipinski definition) is 4. The fraction of sp³-hybridized carbons (Fsp3) is 0.231. The predicted molar refractivity (Wildman–Crippen MR) is 125 cm³/mol. The number of likely N-dealkylation sites (tertiary alicyclic amines) is 1. The molecule has 0 aliphatic carbocycles. The number of nitrogens with one attached hydrogen (secondary N) is 1. The van der Waals surface area contributed by atoms with Crippen LogP contribution in [-0.2, 0) is 6.61 Å². The van der Waals surface area contributed by atoms with E-state index in [2.05, 4.69) is 5.32 Å². The number of piperidine rings is 1. The molecular weight excluding hydrogens is 420 g/mol. The Hall–Kier alpha value is -4.00. The van der Waals surface area contributed by atoms with Crippen LogP contribution in [0.15, 0.2) is 78.9 Å². The first-order chi connectivity index (χ1) is 16.1. The van der Waals surface area contributed by atoms with Gasteiger partial charge < -0.3 is 24.8 Å². The average Bonchev–Trinajstić information content (AvgIpc) is 2.85. The van der Waals surface area contributed by atoms with Crippen molar-refractivity contribution in [1.82, 2.24) is 4.90 Å². The fourth-order valence-electron chi connectivity index (χ4n) is 3.70. The number of para-hydroxylation sites is 1. The quantitative estimate of drug-likeness (QED) is 0.531. The van der Waals surface area contributed by atoms with Crippen molar-refractivity contribution in [3.63, 3.8) is 0 Å². The van der Waals surface area contributed by atoms with Gasteiger partial charge in [-0.2, -0.15) is 0 Å². The van der Waals surface area contributed by atoms with Crippen LogP contribution in [0.25, 0.3) is 0 Å². The van der Waals surface area contributed by atoms with E-state index in [0.29, 0.717) is 38.2 Å². The van der Waals surface area contributed by atoms with Crippen molar-refractivity contribution in [1.29, 1.82) is 0 Å². The van der Waals surface area contributed by atoms with Crippen molar-refractivity contribution < 1.29 is 24.2 Å². The number of carbonyl (C=O) groups excluding carboxylic acids is 1. The lowest BCUT2D eigenvalue weighted by Gasteiger charge is -2.32. The number of urea groups is 1. The second-order valence-corrected chi connectivity index (χ2v) is 7.83. The number of rotatable bonds is 7. The van der Waals surface area contributed by atoms with E-state index in [1.807, 2.05) is 54.6 Å². The first-order valence-corrected chi connectivity index (χ1v) is 10.9. The maximum Gasteiger partial charge on any atom is 0.337 e. The normalized spacial score (nSPS) is 13.9. The fourth-order valence-corrected chi connectivity index (χ4v) is 3.70. The molecule has 1 aliphatic rings. The highest BCUT2D eigenvalue weighted by molar-refractivity contribution is 5.99. The topological polar surface area (TPSA) is 88.1 Å². The minimum Gasteiger partial charge on any atom is -0.490 e. The van der Waals surface area contributed by atoms with Gasteiger partial charge in [0.1, 0.15) is 24.2 Å². The van der Waals surface area contributed by atoms with Crippen LogP contribution in [0.1, 0.15) is 28.8 Å². The third-order valence-electron chi connectivity index (χ3n) is 5.50. The van der Waals surface area contributed by atoms with Crippen LogP contribution in [0.5, 0.6) is 11.5 Å². The van der Waals surface area contributed by atoms with Gasteiger partial charge in [0.2, 0.25) is 0 Å². The summed E-state index contributed by atoms with van der Waals surface area (Å²) in [6.07, 6.45) is 1.40. The van der Waals surface area contributed by atoms with Crippen LogP contribution in [0.2, 0.25) is 0 Å². The first-order valence-electron chi connectivity index (χ1n) is 10.9. The number of hydrogen-bond donors (Lipinski definition) is 2. The zero-order valence-electron chi connectivity index (χ0n) is 18.1. The van der Waals surface area contributed by atoms with Gasteiger partial charge in [0.25, 0.3) is 0 Å². The summed E-state index contributed by atoms with van der Waals surface area (Å²) < 4.78 is 11.9. The number of carboxylic acids is 1. The lowest BCUT2D eigenvalue weighted by molar-refractivity contribution is 0.0698. The molecule has 1 heterocycles. The zero-order chi connectivity index (χ0) is 23.0. The average molecular weight is 447 g/mol. The first kappa shape index (κ1) is 22.2. The molecule has 0 atom stereocenters. The molecule has 0 unspecified atom stereocenters. The molecule has 0 spiro atoms. The Labute approximate surface area is 192 Å². The van der Waals surface area contributed by atoms with Gasteiger partial charge >= 0.3 is 12.0 Å². The van der Waals surface area contributed by atoms with Gasteiger partial charge in [-0.1, -0.05) is 42.5 Å². The van der Waals surface area contributed by atoms with Crippen molar-refractivity contribution in [2.75, 3.05) is 18.4 Å². The molecule has 1 saturated heterocycles. The maximum absolute atomic E-state index is 12.6. The maximum atomic E-state index is 12.6. The summed E-state index contributed by atoms with van der Waals surface area (Å²) in [6.45, 7) is 1.58. The van der Waals surface area contributed by atoms with E-state index in [9.17, 15) is 14.7 Å². The van der Waals surface area contributed by atoms with Crippen LogP contribution < -0.4 is 14.8 Å². The highest BCUT2D eigenvalue weighted by atomic mass is 16.5. The largest absolute Gasteiger partial charge is 0.490 e. The van der Waals surface area contributed by atoms with E-state index >= 15 is 0 Å². The molecule has 3 aromatic rings. The minimum absolute atomic E-state index is 0.0106. The lowest BCUT2D eigenvalue weighted by Crippen LogP contribution is -2.43. The van der Waals surface area contributed by atoms with Gasteiger partial charge in [-0.05, 0) is 42.0 Å². The van der Waals surface area contributed by atoms with Gasteiger partial charge in [-0.15, -0.1) is 0 Å². The molecule has 0 aromatic heterocycles. The molecule has 3 aromatic carbocycles. The second kappa shape index (κ2) is 10.5. The van der Waals surface area contributed by atoms with E-state index < -0.39 is 5.97 Å². The van der Waals surface area contributed by atoms with E-state index in [-0.39, 0.29) is 17.7 Å². The predicted octanol–water partition coefficient (Wildman–Crippen LogP) is 5.04. The third kappa shape index (κ3) is 6.04. The summed E-state index contributed by atoms with van der Waals surface area (Å²) in [6, 6.07) is 23.6. The van der Waals surface area contributed by atoms with Gasteiger partial charge in [0, 0.05) is 25.9 Å². The van der Waals surface area contributed by atoms with Gasteiger partial charge in [0.15, 0.2) is 0 Å². The van der Waals surface area contributed by atoms with Crippen LogP contribution in [-0.4, -0.2) is 41.2 Å². The molecule has 4 rings (SSSR count). The van der Waals surface area contributed by atoms with Crippen molar-refractivity contribution >= 4 is 17.7 Å². The molecule has 0 radical (unpaired) electrons. The Morgan fingerprint density at radius 1 is 0.879 bits per heavy atom. The van der Waals surface area contributed by atoms with Gasteiger partial charge in [0.05, 0.1) is 11.3 Å². The molecule has 0 bridgehead atoms. The number of nitrogens with zero attached hydrogens (tertiary/aromatic N) is 1. The minimum atomic E-state index is -1.07. The van der Waals surface area contributed by atoms with E-state index in [0.717, 1.165) is 17.1 Å². The van der Waals surface area contributed by atoms with E-state index in [4.69, 9.17) is 9.47 Å². The van der Waals surface area contributed by atoms with Crippen LogP contribution in [0, 0.1) is 0 Å². The Morgan fingerprint density at radius 3 is 2.21 bits per heavy atom. The van der Waals surface area contributed by atoms with E-state index in [1.165, 1.54) is 6.07 Å². The summed E-state index contributed by atoms with van der Waals surface area (Å²) in [5.74, 6) is 0.467. The Morgan fingerprint density at radius 2 is 1.52 bits per heavy atom. The lowest BCUT2D eigenvalue weighted by atomic mass is 10.1. The summed E-state index contributed by atoms with van der Waals surface area (Å²) in [4.78, 5) is 25.6. The van der Waals surface area contributed by atoms with Gasteiger partial charge in [-0.3, -0.25) is 0 Å². The number of carboxylic acid groups (broad SMARTS) is 1. The molecule has 7 heteroatoms. The smallest absolute Gasteiger partial charge is 0.337 e. The highest BCUT2D eigenvalue weighted by Crippen LogP contribution is 2.23. The number of carbonyl (C=O) groups is 2. The molecule has 7 nitrogen and oxygen atoms in total. The Kier molecular flexibility index (Phi) is 7.09. The summed E-state index contributed by atoms with van der Waals surface area (Å²) in [7, 11) is 0. The second-order valence-electron chi connectivity index (χ2n) is 7.83. The van der Waals surface area contributed by atoms with Crippen molar-refractivity contribution in [3.8, 4) is 11.5 Å². The molecule has 170 valence electrons. The molecule has 33 heavy (non-hydrogen) atoms. The monoisotopic (exact) mass is 446 g/mol. The summed E-state index contributed by atoms with van der Waals surface area (Å²) in [5, 5.41) is 12.0. The Balaban J connectivity index is 1.24. The summed E-state index contributed by atoms with van der Waals surface area (Å²) in [5.41, 5.74) is 1.48. The van der Waals surface area contributed by atoms with Crippen molar-refractivity contribution in [3.05, 3.63) is 90.0 Å². The third-order valence-corrected chi connectivity index (χ3v) is 5.50.